The summed E-state index contributed by atoms with van der Waals surface area (Å²) in [6.45, 7) is 7.14. The third kappa shape index (κ3) is 4.90. The largest absolute Gasteiger partial charge is 0.496 e. The molecule has 33 heavy (non-hydrogen) atoms. The highest BCUT2D eigenvalue weighted by molar-refractivity contribution is 6.34. The molecule has 1 aliphatic heterocycles. The van der Waals surface area contributed by atoms with Crippen LogP contribution in [0.4, 0.5) is 4.79 Å². The maximum Gasteiger partial charge on any atom is 0.410 e. The van der Waals surface area contributed by atoms with Crippen molar-refractivity contribution in [1.82, 2.24) is 14.8 Å². The molecule has 3 aromatic rings. The van der Waals surface area contributed by atoms with Gasteiger partial charge in [-0.15, -0.1) is 0 Å². The average Bonchev–Trinajstić information content (AvgIpc) is 3.23. The molecule has 0 N–H and O–H groups in total. The normalized spacial score (nSPS) is 14.5. The smallest absolute Gasteiger partial charge is 0.410 e. The number of hydrogen-bond acceptors (Lipinski definition) is 6. The Morgan fingerprint density at radius 3 is 2.39 bits per heavy atom. The first-order valence-electron chi connectivity index (χ1n) is 10.7. The molecule has 0 bridgehead atoms. The number of hydrogen-bond donors (Lipinski definition) is 0. The zero-order valence-electron chi connectivity index (χ0n) is 19.1. The number of methoxy groups -OCH3 is 1. The van der Waals surface area contributed by atoms with Gasteiger partial charge >= 0.3 is 6.09 Å². The molecule has 1 aliphatic rings. The van der Waals surface area contributed by atoms with Crippen molar-refractivity contribution < 1.29 is 23.5 Å². The van der Waals surface area contributed by atoms with Crippen molar-refractivity contribution in [2.24, 2.45) is 0 Å². The van der Waals surface area contributed by atoms with Crippen molar-refractivity contribution >= 4 is 34.7 Å². The molecule has 3 heterocycles. The topological polar surface area (TPSA) is 85.1 Å². The van der Waals surface area contributed by atoms with E-state index >= 15 is 0 Å². The van der Waals surface area contributed by atoms with Gasteiger partial charge in [0.05, 0.1) is 17.7 Å². The number of fused-ring (bicyclic) bond motifs is 1. The zero-order chi connectivity index (χ0) is 23.8. The fourth-order valence-corrected chi connectivity index (χ4v) is 3.85. The number of carbonyl (C=O) groups is 2. The Hall–Kier alpha value is -3.26. The molecular weight excluding hydrogens is 446 g/mol. The Bertz CT molecular complexity index is 1190. The van der Waals surface area contributed by atoms with E-state index in [1.807, 2.05) is 20.8 Å². The van der Waals surface area contributed by atoms with E-state index in [1.165, 1.54) is 7.11 Å². The van der Waals surface area contributed by atoms with Crippen LogP contribution in [0.15, 0.2) is 40.9 Å². The zero-order valence-corrected chi connectivity index (χ0v) is 19.8. The maximum absolute atomic E-state index is 13.2. The third-order valence-electron chi connectivity index (χ3n) is 5.30. The average molecular weight is 472 g/mol. The van der Waals surface area contributed by atoms with Crippen LogP contribution in [-0.4, -0.2) is 65.7 Å². The lowest BCUT2D eigenvalue weighted by Gasteiger charge is -2.35. The van der Waals surface area contributed by atoms with Crippen LogP contribution in [0, 0.1) is 0 Å². The molecule has 2 amide bonds. The standard InChI is InChI=1S/C24H26ClN3O5/c1-24(2,3)33-23(30)28-11-9-27(10-12-28)22(29)16-6-5-15(13-20(16)31-4)19-14-18-21(32-19)17(25)7-8-26-18/h5-8,13-14H,9-12H2,1-4H3. The first kappa shape index (κ1) is 22.9. The molecular formula is C24H26ClN3O5. The number of nitrogens with zero attached hydrogens (tertiary/aromatic N) is 3. The van der Waals surface area contributed by atoms with Gasteiger partial charge in [-0.25, -0.2) is 4.79 Å². The van der Waals surface area contributed by atoms with Crippen molar-refractivity contribution in [2.75, 3.05) is 33.3 Å². The Morgan fingerprint density at radius 1 is 1.06 bits per heavy atom. The van der Waals surface area contributed by atoms with Gasteiger partial charge in [-0.3, -0.25) is 9.78 Å². The molecule has 0 spiro atoms. The highest BCUT2D eigenvalue weighted by Gasteiger charge is 2.29. The summed E-state index contributed by atoms with van der Waals surface area (Å²) >= 11 is 6.19. The molecule has 174 valence electrons. The lowest BCUT2D eigenvalue weighted by Crippen LogP contribution is -2.51. The van der Waals surface area contributed by atoms with Gasteiger partial charge in [0.1, 0.15) is 22.6 Å². The molecule has 0 radical (unpaired) electrons. The van der Waals surface area contributed by atoms with E-state index in [-0.39, 0.29) is 12.0 Å². The number of piperazine rings is 1. The summed E-state index contributed by atoms with van der Waals surface area (Å²) in [5, 5.41) is 0.482. The molecule has 0 atom stereocenters. The summed E-state index contributed by atoms with van der Waals surface area (Å²) in [7, 11) is 1.52. The quantitative estimate of drug-likeness (QED) is 0.542. The van der Waals surface area contributed by atoms with Gasteiger partial charge in [-0.1, -0.05) is 17.7 Å². The van der Waals surface area contributed by atoms with Gasteiger partial charge in [-0.2, -0.15) is 0 Å². The van der Waals surface area contributed by atoms with Crippen LogP contribution in [0.2, 0.25) is 5.02 Å². The number of benzene rings is 1. The SMILES string of the molecule is COc1cc(-c2cc3nccc(Cl)c3o2)ccc1C(=O)N1CCN(C(=O)OC(C)(C)C)CC1. The van der Waals surface area contributed by atoms with Crippen LogP contribution in [0.5, 0.6) is 5.75 Å². The Morgan fingerprint density at radius 2 is 1.76 bits per heavy atom. The summed E-state index contributed by atoms with van der Waals surface area (Å²) in [6.07, 6.45) is 1.26. The molecule has 1 saturated heterocycles. The molecule has 0 aliphatic carbocycles. The van der Waals surface area contributed by atoms with Crippen molar-refractivity contribution in [3.05, 3.63) is 47.1 Å². The number of amides is 2. The van der Waals surface area contributed by atoms with E-state index in [1.54, 1.807) is 46.3 Å². The van der Waals surface area contributed by atoms with Gasteiger partial charge in [0.25, 0.3) is 5.91 Å². The first-order chi connectivity index (χ1) is 15.7. The number of aromatic nitrogens is 1. The number of furan rings is 1. The van der Waals surface area contributed by atoms with Crippen molar-refractivity contribution in [1.29, 1.82) is 0 Å². The fourth-order valence-electron chi connectivity index (χ4n) is 3.66. The summed E-state index contributed by atoms with van der Waals surface area (Å²) in [6, 6.07) is 8.75. The van der Waals surface area contributed by atoms with Crippen molar-refractivity contribution in [3.8, 4) is 17.1 Å². The molecule has 4 rings (SSSR count). The molecule has 1 fully saturated rings. The van der Waals surface area contributed by atoms with Crippen LogP contribution in [0.25, 0.3) is 22.4 Å². The summed E-state index contributed by atoms with van der Waals surface area (Å²) < 4.78 is 16.8. The van der Waals surface area contributed by atoms with E-state index in [0.717, 1.165) is 5.56 Å². The van der Waals surface area contributed by atoms with Gasteiger partial charge in [0.15, 0.2) is 5.58 Å². The van der Waals surface area contributed by atoms with E-state index < -0.39 is 5.60 Å². The highest BCUT2D eigenvalue weighted by atomic mass is 35.5. The lowest BCUT2D eigenvalue weighted by atomic mass is 10.1. The van der Waals surface area contributed by atoms with Gasteiger partial charge < -0.3 is 23.7 Å². The summed E-state index contributed by atoms with van der Waals surface area (Å²) in [5.41, 5.74) is 1.79. The molecule has 1 aromatic carbocycles. The van der Waals surface area contributed by atoms with E-state index in [2.05, 4.69) is 4.98 Å². The van der Waals surface area contributed by atoms with Crippen molar-refractivity contribution in [3.63, 3.8) is 0 Å². The van der Waals surface area contributed by atoms with Gasteiger partial charge in [0.2, 0.25) is 0 Å². The predicted octanol–water partition coefficient (Wildman–Crippen LogP) is 4.85. The first-order valence-corrected chi connectivity index (χ1v) is 11.0. The van der Waals surface area contributed by atoms with Crippen molar-refractivity contribution in [2.45, 2.75) is 26.4 Å². The minimum absolute atomic E-state index is 0.156. The monoisotopic (exact) mass is 471 g/mol. The summed E-state index contributed by atoms with van der Waals surface area (Å²) in [4.78, 5) is 33.1. The van der Waals surface area contributed by atoms with Crippen LogP contribution >= 0.6 is 11.6 Å². The maximum atomic E-state index is 13.2. The second-order valence-electron chi connectivity index (χ2n) is 8.79. The Labute approximate surface area is 197 Å². The molecule has 0 unspecified atom stereocenters. The number of halogens is 1. The second kappa shape index (κ2) is 8.94. The van der Waals surface area contributed by atoms with Crippen LogP contribution in [0.1, 0.15) is 31.1 Å². The minimum atomic E-state index is -0.555. The number of ether oxygens (including phenoxy) is 2. The Balaban J connectivity index is 1.49. The van der Waals surface area contributed by atoms with Crippen LogP contribution < -0.4 is 4.74 Å². The van der Waals surface area contributed by atoms with E-state index in [4.69, 9.17) is 25.5 Å². The fraction of sp³-hybridized carbons (Fsp3) is 0.375. The summed E-state index contributed by atoms with van der Waals surface area (Å²) in [5.74, 6) is 0.858. The third-order valence-corrected chi connectivity index (χ3v) is 5.60. The van der Waals surface area contributed by atoms with Crippen LogP contribution in [-0.2, 0) is 4.74 Å². The second-order valence-corrected chi connectivity index (χ2v) is 9.20. The lowest BCUT2D eigenvalue weighted by molar-refractivity contribution is 0.0140. The molecule has 2 aromatic heterocycles. The minimum Gasteiger partial charge on any atom is -0.496 e. The Kier molecular flexibility index (Phi) is 6.21. The molecule has 8 nitrogen and oxygen atoms in total. The van der Waals surface area contributed by atoms with Gasteiger partial charge in [0, 0.05) is 44.0 Å². The number of pyridine rings is 1. The number of rotatable bonds is 3. The highest BCUT2D eigenvalue weighted by Crippen LogP contribution is 2.33. The molecule has 0 saturated carbocycles. The predicted molar refractivity (Wildman–Crippen MR) is 125 cm³/mol. The van der Waals surface area contributed by atoms with E-state index in [0.29, 0.717) is 59.4 Å². The van der Waals surface area contributed by atoms with Gasteiger partial charge in [-0.05, 0) is 39.0 Å². The number of carbonyl (C=O) groups excluding carboxylic acids is 2. The van der Waals surface area contributed by atoms with E-state index in [9.17, 15) is 9.59 Å². The van der Waals surface area contributed by atoms with Crippen LogP contribution in [0.3, 0.4) is 0 Å². The molecule has 9 heteroatoms.